The van der Waals surface area contributed by atoms with Gasteiger partial charge in [0.25, 0.3) is 5.91 Å². The van der Waals surface area contributed by atoms with Crippen LogP contribution >= 0.6 is 11.6 Å². The van der Waals surface area contributed by atoms with Gasteiger partial charge in [-0.05, 0) is 18.2 Å². The summed E-state index contributed by atoms with van der Waals surface area (Å²) in [4.78, 5) is 23.7. The molecular weight excluding hydrogens is 278 g/mol. The fraction of sp³-hybridized carbons (Fsp3) is 0.0667. The molecule has 0 bridgehead atoms. The first-order valence-electron chi connectivity index (χ1n) is 5.93. The van der Waals surface area contributed by atoms with E-state index in [4.69, 9.17) is 11.6 Å². The molecule has 0 aliphatic carbocycles. The number of carbonyl (C=O) groups is 2. The zero-order valence-electron chi connectivity index (χ0n) is 10.5. The molecule has 1 amide bonds. The van der Waals surface area contributed by atoms with Gasteiger partial charge in [0, 0.05) is 5.56 Å². The molecule has 2 aromatic rings. The molecule has 0 unspecified atom stereocenters. The first-order valence-corrected chi connectivity index (χ1v) is 6.30. The fourth-order valence-electron chi connectivity index (χ4n) is 1.67. The van der Waals surface area contributed by atoms with Crippen molar-refractivity contribution in [3.05, 3.63) is 64.7 Å². The van der Waals surface area contributed by atoms with E-state index in [1.54, 1.807) is 24.3 Å². The number of benzene rings is 2. The Balaban J connectivity index is 2.02. The van der Waals surface area contributed by atoms with Gasteiger partial charge in [0.05, 0.1) is 17.1 Å². The average molecular weight is 290 g/mol. The molecular formula is C15H12ClNO3. The number of hydrogen-bond donors (Lipinski definition) is 2. The summed E-state index contributed by atoms with van der Waals surface area (Å²) in [6, 6.07) is 12.7. The molecule has 0 radical (unpaired) electrons. The smallest absolute Gasteiger partial charge is 0.253 e. The van der Waals surface area contributed by atoms with Gasteiger partial charge >= 0.3 is 0 Å². The van der Waals surface area contributed by atoms with Crippen molar-refractivity contribution in [3.63, 3.8) is 0 Å². The summed E-state index contributed by atoms with van der Waals surface area (Å²) in [5.74, 6) is -0.764. The van der Waals surface area contributed by atoms with Crippen LogP contribution in [0.5, 0.6) is 5.75 Å². The van der Waals surface area contributed by atoms with Crippen molar-refractivity contribution in [1.29, 1.82) is 0 Å². The first-order chi connectivity index (χ1) is 9.58. The summed E-state index contributed by atoms with van der Waals surface area (Å²) < 4.78 is 0. The molecule has 2 rings (SSSR count). The molecule has 0 spiro atoms. The van der Waals surface area contributed by atoms with Gasteiger partial charge in [-0.2, -0.15) is 0 Å². The Morgan fingerprint density at radius 3 is 2.50 bits per heavy atom. The third-order valence-corrected chi connectivity index (χ3v) is 3.03. The summed E-state index contributed by atoms with van der Waals surface area (Å²) >= 11 is 5.87. The highest BCUT2D eigenvalue weighted by atomic mass is 35.5. The van der Waals surface area contributed by atoms with Crippen LogP contribution in [0, 0.1) is 0 Å². The van der Waals surface area contributed by atoms with Gasteiger partial charge in [-0.25, -0.2) is 0 Å². The Morgan fingerprint density at radius 2 is 1.80 bits per heavy atom. The molecule has 2 N–H and O–H groups in total. The number of rotatable bonds is 4. The lowest BCUT2D eigenvalue weighted by molar-refractivity contribution is 0.0904. The SMILES string of the molecule is O=C(CNC(=O)c1cc(O)ccc1Cl)c1ccccc1. The number of amides is 1. The Kier molecular flexibility index (Phi) is 4.38. The molecule has 0 saturated heterocycles. The van der Waals surface area contributed by atoms with E-state index in [0.29, 0.717) is 5.56 Å². The number of phenols is 1. The van der Waals surface area contributed by atoms with Crippen LogP contribution in [-0.4, -0.2) is 23.3 Å². The molecule has 5 heteroatoms. The quantitative estimate of drug-likeness (QED) is 0.850. The minimum absolute atomic E-state index is 0.0612. The monoisotopic (exact) mass is 289 g/mol. The highest BCUT2D eigenvalue weighted by Gasteiger charge is 2.13. The highest BCUT2D eigenvalue weighted by molar-refractivity contribution is 6.34. The second-order valence-corrected chi connectivity index (χ2v) is 4.54. The number of phenolic OH excluding ortho intramolecular Hbond substituents is 1. The Morgan fingerprint density at radius 1 is 1.10 bits per heavy atom. The summed E-state index contributed by atoms with van der Waals surface area (Å²) in [5, 5.41) is 12.0. The first kappa shape index (κ1) is 14.1. The third kappa shape index (κ3) is 3.36. The van der Waals surface area contributed by atoms with E-state index < -0.39 is 5.91 Å². The molecule has 0 atom stereocenters. The second-order valence-electron chi connectivity index (χ2n) is 4.14. The van der Waals surface area contributed by atoms with Crippen LogP contribution in [0.1, 0.15) is 20.7 Å². The van der Waals surface area contributed by atoms with Crippen molar-refractivity contribution < 1.29 is 14.7 Å². The maximum absolute atomic E-state index is 11.9. The predicted molar refractivity (Wildman–Crippen MR) is 76.2 cm³/mol. The van der Waals surface area contributed by atoms with Gasteiger partial charge in [0.15, 0.2) is 5.78 Å². The predicted octanol–water partition coefficient (Wildman–Crippen LogP) is 2.66. The number of ketones is 1. The second kappa shape index (κ2) is 6.21. The van der Waals surface area contributed by atoms with E-state index in [2.05, 4.69) is 5.32 Å². The van der Waals surface area contributed by atoms with Crippen LogP contribution in [0.4, 0.5) is 0 Å². The zero-order chi connectivity index (χ0) is 14.5. The van der Waals surface area contributed by atoms with Crippen LogP contribution in [0.3, 0.4) is 0 Å². The van der Waals surface area contributed by atoms with Gasteiger partial charge in [0.1, 0.15) is 5.75 Å². The van der Waals surface area contributed by atoms with E-state index in [9.17, 15) is 14.7 Å². The Bertz CT molecular complexity index is 641. The molecule has 2 aromatic carbocycles. The van der Waals surface area contributed by atoms with Gasteiger partial charge in [-0.1, -0.05) is 41.9 Å². The maximum Gasteiger partial charge on any atom is 0.253 e. The van der Waals surface area contributed by atoms with Crippen LogP contribution in [0.15, 0.2) is 48.5 Å². The number of nitrogens with one attached hydrogen (secondary N) is 1. The molecule has 4 nitrogen and oxygen atoms in total. The summed E-state index contributed by atoms with van der Waals surface area (Å²) in [6.07, 6.45) is 0. The minimum Gasteiger partial charge on any atom is -0.508 e. The highest BCUT2D eigenvalue weighted by Crippen LogP contribution is 2.20. The lowest BCUT2D eigenvalue weighted by Gasteiger charge is -2.06. The van der Waals surface area contributed by atoms with Crippen LogP contribution in [-0.2, 0) is 0 Å². The van der Waals surface area contributed by atoms with E-state index in [-0.39, 0.29) is 28.7 Å². The maximum atomic E-state index is 11.9. The van der Waals surface area contributed by atoms with Crippen molar-refractivity contribution in [3.8, 4) is 5.75 Å². The van der Waals surface area contributed by atoms with Crippen LogP contribution in [0.2, 0.25) is 5.02 Å². The number of Topliss-reactive ketones (excluding diaryl/α,β-unsaturated/α-hetero) is 1. The van der Waals surface area contributed by atoms with E-state index in [1.807, 2.05) is 6.07 Å². The van der Waals surface area contributed by atoms with Crippen molar-refractivity contribution in [2.24, 2.45) is 0 Å². The summed E-state index contributed by atoms with van der Waals surface area (Å²) in [6.45, 7) is -0.130. The average Bonchev–Trinajstić information content (AvgIpc) is 2.47. The summed E-state index contributed by atoms with van der Waals surface area (Å²) in [7, 11) is 0. The molecule has 102 valence electrons. The molecule has 0 aliphatic rings. The topological polar surface area (TPSA) is 66.4 Å². The largest absolute Gasteiger partial charge is 0.508 e. The number of halogens is 1. The standard InChI is InChI=1S/C15H12ClNO3/c16-13-7-6-11(18)8-12(13)15(20)17-9-14(19)10-4-2-1-3-5-10/h1-8,18H,9H2,(H,17,20). The van der Waals surface area contributed by atoms with Crippen molar-refractivity contribution in [2.45, 2.75) is 0 Å². The lowest BCUT2D eigenvalue weighted by atomic mass is 10.1. The minimum atomic E-state index is -0.504. The van der Waals surface area contributed by atoms with E-state index in [1.165, 1.54) is 18.2 Å². The number of aromatic hydroxyl groups is 1. The lowest BCUT2D eigenvalue weighted by Crippen LogP contribution is -2.29. The normalized spacial score (nSPS) is 10.1. The Labute approximate surface area is 121 Å². The van der Waals surface area contributed by atoms with E-state index in [0.717, 1.165) is 0 Å². The van der Waals surface area contributed by atoms with Crippen molar-refractivity contribution >= 4 is 23.3 Å². The Hall–Kier alpha value is -2.33. The summed E-state index contributed by atoms with van der Waals surface area (Å²) in [5.41, 5.74) is 0.655. The van der Waals surface area contributed by atoms with E-state index >= 15 is 0 Å². The van der Waals surface area contributed by atoms with Gasteiger partial charge in [-0.3, -0.25) is 9.59 Å². The molecule has 0 fully saturated rings. The van der Waals surface area contributed by atoms with Crippen molar-refractivity contribution in [2.75, 3.05) is 6.54 Å². The molecule has 0 aromatic heterocycles. The van der Waals surface area contributed by atoms with Gasteiger partial charge in [0.2, 0.25) is 0 Å². The molecule has 20 heavy (non-hydrogen) atoms. The molecule has 0 aliphatic heterocycles. The third-order valence-electron chi connectivity index (χ3n) is 2.70. The fourth-order valence-corrected chi connectivity index (χ4v) is 1.87. The van der Waals surface area contributed by atoms with Crippen LogP contribution < -0.4 is 5.32 Å². The molecule has 0 heterocycles. The number of carbonyl (C=O) groups excluding carboxylic acids is 2. The zero-order valence-corrected chi connectivity index (χ0v) is 11.2. The molecule has 0 saturated carbocycles. The van der Waals surface area contributed by atoms with Crippen molar-refractivity contribution in [1.82, 2.24) is 5.32 Å². The van der Waals surface area contributed by atoms with Gasteiger partial charge in [-0.15, -0.1) is 0 Å². The van der Waals surface area contributed by atoms with Crippen LogP contribution in [0.25, 0.3) is 0 Å². The number of hydrogen-bond acceptors (Lipinski definition) is 3. The van der Waals surface area contributed by atoms with Gasteiger partial charge < -0.3 is 10.4 Å².